The molecule has 3 aromatic carbocycles. The Labute approximate surface area is 171 Å². The highest BCUT2D eigenvalue weighted by Crippen LogP contribution is 2.38. The van der Waals surface area contributed by atoms with E-state index in [2.05, 4.69) is 0 Å². The van der Waals surface area contributed by atoms with Gasteiger partial charge >= 0.3 is 4.94 Å². The summed E-state index contributed by atoms with van der Waals surface area (Å²) in [6.07, 6.45) is 0. The Hall–Kier alpha value is -2.97. The van der Waals surface area contributed by atoms with Crippen LogP contribution in [0.3, 0.4) is 0 Å². The Balaban J connectivity index is 2.07. The number of carbonyl (C=O) groups is 1. The Kier molecular flexibility index (Phi) is 4.55. The number of aryl methyl sites for hydroxylation is 2. The quantitative estimate of drug-likeness (QED) is 0.485. The summed E-state index contributed by atoms with van der Waals surface area (Å²) in [5.41, 5.74) is 2.05. The van der Waals surface area contributed by atoms with E-state index in [1.54, 1.807) is 43.3 Å². The number of amides is 1. The normalized spacial score (nSPS) is 11.8. The van der Waals surface area contributed by atoms with Gasteiger partial charge in [-0.2, -0.15) is 0 Å². The standard InChI is InChI=1S/C21H17NO5S2/c1-12-8-9-19(13(2)10-12)29(25,26)22(14(3)23)17-11-18-20(27-21(24)28-18)16-7-5-4-6-15(16)17/h4-11H,1-3H3. The molecule has 1 amide bonds. The molecule has 0 bridgehead atoms. The monoisotopic (exact) mass is 427 g/mol. The first-order valence-corrected chi connectivity index (χ1v) is 11.0. The van der Waals surface area contributed by atoms with Gasteiger partial charge in [0.2, 0.25) is 5.91 Å². The number of fused-ring (bicyclic) bond motifs is 3. The molecule has 0 saturated heterocycles. The molecule has 0 radical (unpaired) electrons. The molecule has 148 valence electrons. The fourth-order valence-electron chi connectivity index (χ4n) is 3.50. The van der Waals surface area contributed by atoms with Crippen LogP contribution in [0.1, 0.15) is 18.1 Å². The molecule has 0 fully saturated rings. The van der Waals surface area contributed by atoms with Crippen LogP contribution in [-0.4, -0.2) is 14.3 Å². The van der Waals surface area contributed by atoms with Crippen molar-refractivity contribution in [3.05, 3.63) is 69.4 Å². The highest BCUT2D eigenvalue weighted by atomic mass is 32.2. The number of sulfonamides is 1. The fraction of sp³-hybridized carbons (Fsp3) is 0.143. The molecule has 1 aromatic heterocycles. The summed E-state index contributed by atoms with van der Waals surface area (Å²) in [7, 11) is -4.17. The van der Waals surface area contributed by atoms with Crippen LogP contribution in [0.4, 0.5) is 5.69 Å². The maximum absolute atomic E-state index is 13.5. The van der Waals surface area contributed by atoms with Crippen molar-refractivity contribution in [2.24, 2.45) is 0 Å². The van der Waals surface area contributed by atoms with Crippen molar-refractivity contribution in [1.82, 2.24) is 0 Å². The molecule has 0 aliphatic carbocycles. The largest absolute Gasteiger partial charge is 0.413 e. The molecule has 0 spiro atoms. The summed E-state index contributed by atoms with van der Waals surface area (Å²) in [5, 5.41) is 1.07. The zero-order valence-corrected chi connectivity index (χ0v) is 17.6. The van der Waals surface area contributed by atoms with E-state index in [9.17, 15) is 18.0 Å². The molecule has 6 nitrogen and oxygen atoms in total. The number of carbonyl (C=O) groups excluding carboxylic acids is 1. The molecule has 1 heterocycles. The third kappa shape index (κ3) is 3.14. The lowest BCUT2D eigenvalue weighted by Gasteiger charge is -2.23. The SMILES string of the molecule is CC(=O)N(c1cc2sc(=O)oc2c2ccccc12)S(=O)(=O)c1ccc(C)cc1C. The molecular weight excluding hydrogens is 410 g/mol. The number of benzene rings is 3. The average Bonchev–Trinajstić information content (AvgIpc) is 3.01. The molecule has 8 heteroatoms. The lowest BCUT2D eigenvalue weighted by Crippen LogP contribution is -2.35. The number of rotatable bonds is 3. The second-order valence-corrected chi connectivity index (χ2v) is 9.51. The minimum absolute atomic E-state index is 0.0582. The lowest BCUT2D eigenvalue weighted by molar-refractivity contribution is -0.115. The molecule has 29 heavy (non-hydrogen) atoms. The van der Waals surface area contributed by atoms with Crippen molar-refractivity contribution in [2.45, 2.75) is 25.7 Å². The minimum atomic E-state index is -4.17. The van der Waals surface area contributed by atoms with Gasteiger partial charge in [0.25, 0.3) is 10.0 Å². The first-order valence-electron chi connectivity index (χ1n) is 8.78. The maximum atomic E-state index is 13.5. The smallest absolute Gasteiger partial charge is 0.396 e. The van der Waals surface area contributed by atoms with Crippen LogP contribution >= 0.6 is 11.3 Å². The van der Waals surface area contributed by atoms with E-state index in [1.165, 1.54) is 19.1 Å². The zero-order valence-electron chi connectivity index (χ0n) is 15.9. The Bertz CT molecular complexity index is 1450. The molecule has 0 aliphatic rings. The van der Waals surface area contributed by atoms with Crippen molar-refractivity contribution in [3.8, 4) is 0 Å². The minimum Gasteiger partial charge on any atom is -0.413 e. The molecule has 4 rings (SSSR count). The Morgan fingerprint density at radius 3 is 2.38 bits per heavy atom. The molecule has 0 N–H and O–H groups in total. The van der Waals surface area contributed by atoms with Crippen molar-refractivity contribution >= 4 is 54.0 Å². The van der Waals surface area contributed by atoms with Crippen LogP contribution in [0.5, 0.6) is 0 Å². The summed E-state index contributed by atoms with van der Waals surface area (Å²) in [5.74, 6) is -0.648. The lowest BCUT2D eigenvalue weighted by atomic mass is 10.1. The van der Waals surface area contributed by atoms with Gasteiger partial charge in [-0.15, -0.1) is 0 Å². The van der Waals surface area contributed by atoms with Crippen molar-refractivity contribution < 1.29 is 17.6 Å². The molecule has 0 aliphatic heterocycles. The number of hydrogen-bond donors (Lipinski definition) is 0. The Morgan fingerprint density at radius 1 is 1.03 bits per heavy atom. The first-order chi connectivity index (χ1) is 13.7. The predicted molar refractivity (Wildman–Crippen MR) is 114 cm³/mol. The highest BCUT2D eigenvalue weighted by Gasteiger charge is 2.32. The van der Waals surface area contributed by atoms with Gasteiger partial charge in [0, 0.05) is 17.7 Å². The zero-order chi connectivity index (χ0) is 20.9. The van der Waals surface area contributed by atoms with Gasteiger partial charge in [-0.25, -0.2) is 17.5 Å². The van der Waals surface area contributed by atoms with Gasteiger partial charge in [-0.1, -0.05) is 53.3 Å². The summed E-state index contributed by atoms with van der Waals surface area (Å²) in [6, 6.07) is 13.4. The summed E-state index contributed by atoms with van der Waals surface area (Å²) < 4.78 is 33.6. The summed E-state index contributed by atoms with van der Waals surface area (Å²) in [6.45, 7) is 4.77. The Morgan fingerprint density at radius 2 is 1.72 bits per heavy atom. The molecule has 0 saturated carbocycles. The second-order valence-electron chi connectivity index (χ2n) is 6.78. The predicted octanol–water partition coefficient (Wildman–Crippen LogP) is 4.37. The van der Waals surface area contributed by atoms with E-state index in [0.29, 0.717) is 26.6 Å². The van der Waals surface area contributed by atoms with Crippen LogP contribution in [0.15, 0.2) is 62.6 Å². The van der Waals surface area contributed by atoms with Gasteiger partial charge in [0.1, 0.15) is 0 Å². The second kappa shape index (κ2) is 6.82. The molecular formula is C21H17NO5S2. The van der Waals surface area contributed by atoms with Crippen molar-refractivity contribution in [3.63, 3.8) is 0 Å². The van der Waals surface area contributed by atoms with E-state index >= 15 is 0 Å². The van der Waals surface area contributed by atoms with Crippen LogP contribution in [-0.2, 0) is 14.8 Å². The van der Waals surface area contributed by atoms with Gasteiger partial charge < -0.3 is 4.42 Å². The van der Waals surface area contributed by atoms with E-state index in [0.717, 1.165) is 21.2 Å². The third-order valence-corrected chi connectivity index (χ3v) is 7.39. The van der Waals surface area contributed by atoms with Gasteiger partial charge in [0.05, 0.1) is 15.3 Å². The number of hydrogen-bond acceptors (Lipinski definition) is 6. The van der Waals surface area contributed by atoms with E-state index in [-0.39, 0.29) is 10.6 Å². The van der Waals surface area contributed by atoms with Crippen molar-refractivity contribution in [2.75, 3.05) is 4.31 Å². The van der Waals surface area contributed by atoms with E-state index in [1.807, 2.05) is 6.92 Å². The van der Waals surface area contributed by atoms with Crippen LogP contribution in [0.2, 0.25) is 0 Å². The highest BCUT2D eigenvalue weighted by molar-refractivity contribution is 7.93. The van der Waals surface area contributed by atoms with E-state index in [4.69, 9.17) is 4.42 Å². The number of anilines is 1. The van der Waals surface area contributed by atoms with Gasteiger partial charge in [0.15, 0.2) is 5.58 Å². The number of nitrogens with zero attached hydrogens (tertiary/aromatic N) is 1. The van der Waals surface area contributed by atoms with Crippen LogP contribution in [0.25, 0.3) is 21.1 Å². The van der Waals surface area contributed by atoms with Crippen LogP contribution in [0, 0.1) is 13.8 Å². The topological polar surface area (TPSA) is 84.7 Å². The fourth-order valence-corrected chi connectivity index (χ4v) is 5.87. The van der Waals surface area contributed by atoms with Gasteiger partial charge in [-0.05, 0) is 31.5 Å². The van der Waals surface area contributed by atoms with E-state index < -0.39 is 20.9 Å². The average molecular weight is 428 g/mol. The van der Waals surface area contributed by atoms with Gasteiger partial charge in [-0.3, -0.25) is 4.79 Å². The third-order valence-electron chi connectivity index (χ3n) is 4.67. The van der Waals surface area contributed by atoms with Crippen LogP contribution < -0.4 is 9.24 Å². The molecule has 0 atom stereocenters. The summed E-state index contributed by atoms with van der Waals surface area (Å²) >= 11 is 0.867. The maximum Gasteiger partial charge on any atom is 0.396 e. The van der Waals surface area contributed by atoms with Crippen molar-refractivity contribution in [1.29, 1.82) is 0 Å². The summed E-state index contributed by atoms with van der Waals surface area (Å²) in [4.78, 5) is 24.0. The molecule has 0 unspecified atom stereocenters. The molecule has 4 aromatic rings. The first kappa shape index (κ1) is 19.4.